The monoisotopic (exact) mass is 267 g/mol. The van der Waals surface area contributed by atoms with Gasteiger partial charge >= 0.3 is 5.97 Å². The van der Waals surface area contributed by atoms with E-state index >= 15 is 0 Å². The maximum atomic E-state index is 12.3. The number of rotatable bonds is 2. The number of nitrogens with zero attached hydrogens (tertiary/aromatic N) is 1. The van der Waals surface area contributed by atoms with Crippen LogP contribution >= 0.6 is 0 Å². The van der Waals surface area contributed by atoms with E-state index < -0.39 is 11.9 Å². The van der Waals surface area contributed by atoms with Crippen LogP contribution in [-0.2, 0) is 9.59 Å². The van der Waals surface area contributed by atoms with Crippen molar-refractivity contribution in [3.05, 3.63) is 0 Å². The molecule has 108 valence electrons. The fourth-order valence-electron chi connectivity index (χ4n) is 3.91. The molecule has 4 heteroatoms. The highest BCUT2D eigenvalue weighted by Gasteiger charge is 2.43. The second-order valence-corrected chi connectivity index (χ2v) is 6.23. The van der Waals surface area contributed by atoms with E-state index in [0.717, 1.165) is 25.7 Å². The third kappa shape index (κ3) is 2.93. The maximum absolute atomic E-state index is 12.3. The highest BCUT2D eigenvalue weighted by Crippen LogP contribution is 2.34. The number of hydrogen-bond acceptors (Lipinski definition) is 2. The van der Waals surface area contributed by atoms with Crippen LogP contribution in [0.2, 0.25) is 0 Å². The second kappa shape index (κ2) is 5.93. The van der Waals surface area contributed by atoms with Gasteiger partial charge in [0, 0.05) is 18.5 Å². The van der Waals surface area contributed by atoms with Crippen LogP contribution in [0.1, 0.15) is 58.8 Å². The second-order valence-electron chi connectivity index (χ2n) is 6.23. The van der Waals surface area contributed by atoms with E-state index in [0.29, 0.717) is 6.42 Å². The van der Waals surface area contributed by atoms with Gasteiger partial charge in [0.2, 0.25) is 5.91 Å². The molecule has 3 atom stereocenters. The number of amides is 1. The Bertz CT molecular complexity index is 347. The lowest BCUT2D eigenvalue weighted by Crippen LogP contribution is -2.56. The van der Waals surface area contributed by atoms with Crippen molar-refractivity contribution in [1.29, 1.82) is 0 Å². The summed E-state index contributed by atoms with van der Waals surface area (Å²) in [4.78, 5) is 25.7. The van der Waals surface area contributed by atoms with Crippen molar-refractivity contribution < 1.29 is 14.7 Å². The van der Waals surface area contributed by atoms with Gasteiger partial charge in [-0.3, -0.25) is 9.59 Å². The predicted molar refractivity (Wildman–Crippen MR) is 72.7 cm³/mol. The Morgan fingerprint density at radius 1 is 1.16 bits per heavy atom. The summed E-state index contributed by atoms with van der Waals surface area (Å²) in [6.07, 6.45) is 7.27. The minimum Gasteiger partial charge on any atom is -0.481 e. The molecule has 0 bridgehead atoms. The van der Waals surface area contributed by atoms with Crippen molar-refractivity contribution in [3.63, 3.8) is 0 Å². The Balaban J connectivity index is 2.17. The van der Waals surface area contributed by atoms with Crippen LogP contribution < -0.4 is 0 Å². The average molecular weight is 267 g/mol. The van der Waals surface area contributed by atoms with Crippen molar-refractivity contribution in [2.45, 2.75) is 70.9 Å². The molecule has 0 aromatic rings. The molecule has 1 aliphatic carbocycles. The van der Waals surface area contributed by atoms with Gasteiger partial charge < -0.3 is 10.0 Å². The van der Waals surface area contributed by atoms with Gasteiger partial charge in [0.1, 0.15) is 0 Å². The van der Waals surface area contributed by atoms with E-state index in [-0.39, 0.29) is 23.9 Å². The van der Waals surface area contributed by atoms with Gasteiger partial charge in [0.05, 0.1) is 5.92 Å². The first-order valence-corrected chi connectivity index (χ1v) is 7.56. The van der Waals surface area contributed by atoms with E-state index in [1.165, 1.54) is 12.8 Å². The molecule has 0 aromatic carbocycles. The van der Waals surface area contributed by atoms with Gasteiger partial charge in [0.25, 0.3) is 0 Å². The van der Waals surface area contributed by atoms with Crippen molar-refractivity contribution in [2.24, 2.45) is 11.8 Å². The summed E-state index contributed by atoms with van der Waals surface area (Å²) in [5.41, 5.74) is 0. The number of carboxylic acid groups (broad SMARTS) is 1. The third-order valence-corrected chi connectivity index (χ3v) is 4.86. The van der Waals surface area contributed by atoms with Crippen molar-refractivity contribution in [2.75, 3.05) is 0 Å². The number of carboxylic acids is 1. The Hall–Kier alpha value is -1.06. The molecule has 1 saturated carbocycles. The van der Waals surface area contributed by atoms with Gasteiger partial charge in [-0.15, -0.1) is 0 Å². The summed E-state index contributed by atoms with van der Waals surface area (Å²) >= 11 is 0. The smallest absolute Gasteiger partial charge is 0.308 e. The van der Waals surface area contributed by atoms with Crippen LogP contribution in [0.15, 0.2) is 0 Å². The van der Waals surface area contributed by atoms with Gasteiger partial charge in [0.15, 0.2) is 0 Å². The molecule has 1 saturated heterocycles. The van der Waals surface area contributed by atoms with Crippen molar-refractivity contribution >= 4 is 11.9 Å². The molecule has 3 unspecified atom stereocenters. The molecule has 2 aliphatic rings. The molecular formula is C15H25NO3. The van der Waals surface area contributed by atoms with E-state index in [1.54, 1.807) is 0 Å². The SMILES string of the molecule is CC1CC(=O)N(C2CCCCCC2)C(C)C1C(=O)O. The molecule has 0 aromatic heterocycles. The van der Waals surface area contributed by atoms with Gasteiger partial charge in [-0.1, -0.05) is 32.6 Å². The zero-order valence-corrected chi connectivity index (χ0v) is 12.0. The first-order valence-electron chi connectivity index (χ1n) is 7.56. The van der Waals surface area contributed by atoms with E-state index in [9.17, 15) is 14.7 Å². The zero-order valence-electron chi connectivity index (χ0n) is 12.0. The van der Waals surface area contributed by atoms with Gasteiger partial charge in [-0.25, -0.2) is 0 Å². The molecule has 1 N–H and O–H groups in total. The zero-order chi connectivity index (χ0) is 14.0. The minimum absolute atomic E-state index is 0.0537. The normalized spacial score (nSPS) is 34.1. The highest BCUT2D eigenvalue weighted by molar-refractivity contribution is 5.82. The lowest BCUT2D eigenvalue weighted by molar-refractivity contribution is -0.157. The fraction of sp³-hybridized carbons (Fsp3) is 0.867. The topological polar surface area (TPSA) is 57.6 Å². The molecule has 2 fully saturated rings. The lowest BCUT2D eigenvalue weighted by Gasteiger charge is -2.45. The summed E-state index contributed by atoms with van der Waals surface area (Å²) in [6, 6.07) is 0.0937. The summed E-state index contributed by atoms with van der Waals surface area (Å²) in [5, 5.41) is 9.40. The minimum atomic E-state index is -0.758. The lowest BCUT2D eigenvalue weighted by atomic mass is 9.80. The molecule has 1 heterocycles. The highest BCUT2D eigenvalue weighted by atomic mass is 16.4. The van der Waals surface area contributed by atoms with E-state index in [2.05, 4.69) is 0 Å². The number of aliphatic carboxylic acids is 1. The number of carbonyl (C=O) groups excluding carboxylic acids is 1. The molecule has 0 radical (unpaired) electrons. The number of likely N-dealkylation sites (tertiary alicyclic amines) is 1. The van der Waals surface area contributed by atoms with Gasteiger partial charge in [-0.05, 0) is 25.7 Å². The predicted octanol–water partition coefficient (Wildman–Crippen LogP) is 2.67. The Kier molecular flexibility index (Phi) is 4.48. The molecule has 1 amide bonds. The number of carbonyl (C=O) groups is 2. The molecule has 4 nitrogen and oxygen atoms in total. The van der Waals surface area contributed by atoms with E-state index in [1.807, 2.05) is 18.7 Å². The third-order valence-electron chi connectivity index (χ3n) is 4.86. The first kappa shape index (κ1) is 14.4. The standard InChI is InChI=1S/C15H25NO3/c1-10-9-13(17)16(11(2)14(10)15(18)19)12-7-5-3-4-6-8-12/h10-12,14H,3-9H2,1-2H3,(H,18,19). The van der Waals surface area contributed by atoms with Gasteiger partial charge in [-0.2, -0.15) is 0 Å². The first-order chi connectivity index (χ1) is 9.02. The van der Waals surface area contributed by atoms with Crippen LogP contribution in [0.5, 0.6) is 0 Å². The maximum Gasteiger partial charge on any atom is 0.308 e. The quantitative estimate of drug-likeness (QED) is 0.782. The van der Waals surface area contributed by atoms with Crippen molar-refractivity contribution in [3.8, 4) is 0 Å². The van der Waals surface area contributed by atoms with Crippen molar-refractivity contribution in [1.82, 2.24) is 4.90 Å². The summed E-state index contributed by atoms with van der Waals surface area (Å²) in [6.45, 7) is 3.80. The van der Waals surface area contributed by atoms with Crippen LogP contribution in [0, 0.1) is 11.8 Å². The molecular weight excluding hydrogens is 242 g/mol. The van der Waals surface area contributed by atoms with Crippen LogP contribution in [0.3, 0.4) is 0 Å². The number of piperidine rings is 1. The fourth-order valence-corrected chi connectivity index (χ4v) is 3.91. The largest absolute Gasteiger partial charge is 0.481 e. The van der Waals surface area contributed by atoms with Crippen LogP contribution in [0.25, 0.3) is 0 Å². The average Bonchev–Trinajstić information content (AvgIpc) is 2.56. The molecule has 19 heavy (non-hydrogen) atoms. The molecule has 0 spiro atoms. The van der Waals surface area contributed by atoms with Crippen LogP contribution in [0.4, 0.5) is 0 Å². The Morgan fingerprint density at radius 3 is 2.26 bits per heavy atom. The van der Waals surface area contributed by atoms with E-state index in [4.69, 9.17) is 0 Å². The summed E-state index contributed by atoms with van der Waals surface area (Å²) in [7, 11) is 0. The number of hydrogen-bond donors (Lipinski definition) is 1. The molecule has 2 rings (SSSR count). The molecule has 1 aliphatic heterocycles. The summed E-state index contributed by atoms with van der Waals surface area (Å²) in [5.74, 6) is -1.07. The Morgan fingerprint density at radius 2 is 1.74 bits per heavy atom. The Labute approximate surface area is 115 Å². The van der Waals surface area contributed by atoms with Crippen LogP contribution in [-0.4, -0.2) is 34.0 Å². The summed E-state index contributed by atoms with van der Waals surface area (Å²) < 4.78 is 0.